The number of ether oxygens (including phenoxy) is 1. The highest BCUT2D eigenvalue weighted by atomic mass is 32.2. The summed E-state index contributed by atoms with van der Waals surface area (Å²) in [5.41, 5.74) is 11.8. The zero-order valence-corrected chi connectivity index (χ0v) is 69.5. The van der Waals surface area contributed by atoms with Gasteiger partial charge >= 0.3 is 0 Å². The Labute approximate surface area is 671 Å². The van der Waals surface area contributed by atoms with Gasteiger partial charge in [-0.1, -0.05) is 103 Å². The van der Waals surface area contributed by atoms with Crippen LogP contribution >= 0.6 is 0 Å². The number of anilines is 7. The Hall–Kier alpha value is -10.6. The van der Waals surface area contributed by atoms with Gasteiger partial charge in [-0.05, 0) is 223 Å². The zero-order chi connectivity index (χ0) is 82.2. The van der Waals surface area contributed by atoms with Gasteiger partial charge in [0.15, 0.2) is 15.1 Å². The van der Waals surface area contributed by atoms with Crippen molar-refractivity contribution in [1.82, 2.24) is 44.1 Å². The maximum atomic E-state index is 13.7. The molecule has 4 aliphatic rings. The summed E-state index contributed by atoms with van der Waals surface area (Å²) in [6.45, 7) is 31.9. The Kier molecular flexibility index (Phi) is 25.9. The summed E-state index contributed by atoms with van der Waals surface area (Å²) in [5.74, 6) is 1.82. The first-order chi connectivity index (χ1) is 53.9. The van der Waals surface area contributed by atoms with Gasteiger partial charge in [0, 0.05) is 97.6 Å². The van der Waals surface area contributed by atoms with Gasteiger partial charge in [0.05, 0.1) is 29.9 Å². The molecule has 4 fully saturated rings. The van der Waals surface area contributed by atoms with Gasteiger partial charge in [0.25, 0.3) is 47.8 Å². The number of piperidine rings is 1. The number of pyridine rings is 6. The molecular formula is C85H107N15O11S3. The second-order valence-electron chi connectivity index (χ2n) is 32.7. The number of hydrogen-bond acceptors (Lipinski definition) is 23. The minimum Gasteiger partial charge on any atom is -0.493 e. The lowest BCUT2D eigenvalue weighted by Gasteiger charge is -2.33. The third kappa shape index (κ3) is 20.5. The van der Waals surface area contributed by atoms with E-state index in [-0.39, 0.29) is 68.2 Å². The van der Waals surface area contributed by atoms with E-state index in [2.05, 4.69) is 152 Å². The molecule has 3 aromatic carbocycles. The van der Waals surface area contributed by atoms with Crippen LogP contribution in [0, 0.1) is 23.7 Å². The number of hydrogen-bond donors (Lipinski definition) is 6. The fourth-order valence-corrected chi connectivity index (χ4v) is 18.2. The number of nitrogens with two attached hydrogens (primary N) is 1. The number of nitrogens with zero attached hydrogens (tertiary/aromatic N) is 10. The Morgan fingerprint density at radius 1 is 0.526 bits per heavy atom. The fourth-order valence-electron chi connectivity index (χ4n) is 15.4. The number of aromatic nitrogens is 6. The number of benzene rings is 3. The van der Waals surface area contributed by atoms with Crippen molar-refractivity contribution >= 4 is 88.3 Å². The maximum Gasteiger partial charge on any atom is 0.281 e. The molecule has 114 heavy (non-hydrogen) atoms. The lowest BCUT2D eigenvalue weighted by Crippen LogP contribution is -2.41. The number of carbonyl (C=O) groups excluding carboxylic acids is 3. The molecule has 3 atom stereocenters. The fraction of sp³-hybridized carbons (Fsp3) is 0.400. The molecule has 0 bridgehead atoms. The average Bonchev–Trinajstić information content (AvgIpc) is 1.81. The van der Waals surface area contributed by atoms with Crippen molar-refractivity contribution in [2.45, 2.75) is 173 Å². The maximum absolute atomic E-state index is 13.7. The molecule has 0 radical (unpaired) electrons. The molecule has 4 saturated heterocycles. The van der Waals surface area contributed by atoms with Gasteiger partial charge in [-0.3, -0.25) is 14.4 Å². The molecule has 10 heterocycles. The molecule has 26 nitrogen and oxygen atoms in total. The SMILES string of the molecule is CC(C)COc1cccc(-c2cnc(N3CC(C)CC3(C)C)c(C(=O)NS(=O)(=O)c3cccc(C(C)C)n3)c2)c1.CC1CN(c2ncc(-c3ccc(CO)cc3)cc2C(=O)NS(=O)(=O)c2cccc(N)n2)C(C)(C)C1.CC1CN(c2ncccc2C(=O)NS(=O)(=O)c2cccc(Nc3ccc(N4CCCCC4)cc3)n2)C(C)(C)C1.[HH]. The molecule has 3 unspecified atom stereocenters. The van der Waals surface area contributed by atoms with Crippen molar-refractivity contribution in [3.63, 3.8) is 0 Å². The third-order valence-corrected chi connectivity index (χ3v) is 24.3. The molecule has 4 aliphatic heterocycles. The summed E-state index contributed by atoms with van der Waals surface area (Å²) in [7, 11) is -12.7. The van der Waals surface area contributed by atoms with E-state index in [1.165, 1.54) is 55.3 Å². The smallest absolute Gasteiger partial charge is 0.281 e. The number of sulfonamides is 3. The summed E-state index contributed by atoms with van der Waals surface area (Å²) in [4.78, 5) is 75.2. The van der Waals surface area contributed by atoms with E-state index >= 15 is 0 Å². The molecule has 0 saturated carbocycles. The molecular weight excluding hydrogens is 1500 g/mol. The summed E-state index contributed by atoms with van der Waals surface area (Å²) in [6.07, 6.45) is 11.5. The molecule has 0 aliphatic carbocycles. The number of nitrogen functional groups attached to an aromatic ring is 1. The standard InChI is InChI=1S/C31H40N4O4S.C29H36N6O3S.C25H29N5O4S.H2/c1-20(2)19-39-25-11-8-10-23(14-25)24-15-26(29(32-17-24)35-18-22(5)16-31(35,6)7)30(36)34-40(37,38)28-13-9-12-27(33-28)21(3)4;1-21-19-29(2,3)35(20-21)27-24(9-8-16-30-27)28(36)33-39(37,38)26-11-7-10-25(32-26)31-22-12-14-23(15-13-22)34-17-5-4-6-18-34;1-16-12-25(2,3)30(14-16)23-20(11-19(13-27-23)18-9-7-17(15-31)8-10-18)24(32)29-35(33,34)22-6-4-5-21(26)28-22;/h8-15,17,20-22H,16,18-19H2,1-7H3,(H,34,36);7-16,21H,4-6,17-20H2,1-3H3,(H,31,32)(H,33,36);4-11,13,16,31H,12,14-15H2,1-3H3,(H2,26,28)(H,29,32);1H. The zero-order valence-electron chi connectivity index (χ0n) is 67.0. The van der Waals surface area contributed by atoms with E-state index in [9.17, 15) is 44.7 Å². The molecule has 29 heteroatoms. The Morgan fingerprint density at radius 3 is 1.49 bits per heavy atom. The first-order valence-corrected chi connectivity index (χ1v) is 43.1. The predicted octanol–water partition coefficient (Wildman–Crippen LogP) is 14.2. The topological polar surface area (TPSA) is 348 Å². The van der Waals surface area contributed by atoms with Crippen LogP contribution in [0.4, 0.5) is 40.5 Å². The van der Waals surface area contributed by atoms with Crippen molar-refractivity contribution in [3.8, 4) is 28.0 Å². The lowest BCUT2D eigenvalue weighted by atomic mass is 9.97. The van der Waals surface area contributed by atoms with Crippen molar-refractivity contribution < 1.29 is 50.9 Å². The molecule has 3 amide bonds. The highest BCUT2D eigenvalue weighted by Gasteiger charge is 2.43. The van der Waals surface area contributed by atoms with Crippen molar-refractivity contribution in [2.75, 3.05) is 70.0 Å². The van der Waals surface area contributed by atoms with Crippen LogP contribution in [-0.4, -0.2) is 134 Å². The van der Waals surface area contributed by atoms with Gasteiger partial charge in [-0.15, -0.1) is 0 Å². The van der Waals surface area contributed by atoms with Crippen LogP contribution in [0.5, 0.6) is 5.75 Å². The Bertz CT molecular complexity index is 5320. The number of nitrogens with one attached hydrogen (secondary N) is 4. The number of amides is 3. The normalized spacial score (nSPS) is 17.8. The molecule has 9 aromatic rings. The van der Waals surface area contributed by atoms with E-state index in [0.717, 1.165) is 67.0 Å². The van der Waals surface area contributed by atoms with Crippen LogP contribution in [0.1, 0.15) is 178 Å². The minimum atomic E-state index is -4.26. The third-order valence-electron chi connectivity index (χ3n) is 20.6. The van der Waals surface area contributed by atoms with E-state index < -0.39 is 47.8 Å². The summed E-state index contributed by atoms with van der Waals surface area (Å²) in [6, 6.07) is 43.1. The second kappa shape index (κ2) is 35.0. The highest BCUT2D eigenvalue weighted by molar-refractivity contribution is 7.90. The molecule has 7 N–H and O–H groups in total. The van der Waals surface area contributed by atoms with Crippen LogP contribution in [0.3, 0.4) is 0 Å². The highest BCUT2D eigenvalue weighted by Crippen LogP contribution is 2.42. The van der Waals surface area contributed by atoms with Gasteiger partial charge in [-0.2, -0.15) is 25.3 Å². The second-order valence-corrected chi connectivity index (χ2v) is 37.6. The summed E-state index contributed by atoms with van der Waals surface area (Å²) < 4.78 is 91.2. The van der Waals surface area contributed by atoms with Crippen molar-refractivity contribution in [1.29, 1.82) is 0 Å². The number of aliphatic hydroxyl groups is 1. The van der Waals surface area contributed by atoms with Gasteiger partial charge < -0.3 is 40.5 Å². The molecule has 13 rings (SSSR count). The summed E-state index contributed by atoms with van der Waals surface area (Å²) >= 11 is 0. The van der Waals surface area contributed by atoms with E-state index in [1.807, 2.05) is 62.4 Å². The van der Waals surface area contributed by atoms with E-state index in [1.54, 1.807) is 79.3 Å². The van der Waals surface area contributed by atoms with E-state index in [0.29, 0.717) is 83.5 Å². The first-order valence-electron chi connectivity index (χ1n) is 38.6. The lowest BCUT2D eigenvalue weighted by molar-refractivity contribution is 0.0972. The minimum absolute atomic E-state index is 0. The average molecular weight is 1610 g/mol. The number of rotatable bonds is 22. The Morgan fingerprint density at radius 2 is 1.00 bits per heavy atom. The van der Waals surface area contributed by atoms with Crippen molar-refractivity contribution in [3.05, 3.63) is 198 Å². The van der Waals surface area contributed by atoms with Crippen molar-refractivity contribution in [2.24, 2.45) is 23.7 Å². The van der Waals surface area contributed by atoms with Gasteiger partial charge in [-0.25, -0.2) is 44.1 Å². The number of aliphatic hydroxyl groups excluding tert-OH is 1. The summed E-state index contributed by atoms with van der Waals surface area (Å²) in [5, 5.41) is 11.7. The monoisotopic (exact) mass is 1610 g/mol. The van der Waals surface area contributed by atoms with Crippen LogP contribution in [-0.2, 0) is 36.7 Å². The quantitative estimate of drug-likeness (QED) is 0.0367. The largest absolute Gasteiger partial charge is 0.493 e. The van der Waals surface area contributed by atoms with Crippen LogP contribution in [0.2, 0.25) is 0 Å². The number of carbonyl (C=O) groups is 3. The molecule has 6 aromatic heterocycles. The van der Waals surface area contributed by atoms with Gasteiger partial charge in [0.2, 0.25) is 0 Å². The predicted molar refractivity (Wildman–Crippen MR) is 449 cm³/mol. The first kappa shape index (κ1) is 84.3. The Balaban J connectivity index is 0.000000182. The van der Waals surface area contributed by atoms with Gasteiger partial charge in [0.1, 0.15) is 34.8 Å². The van der Waals surface area contributed by atoms with Crippen LogP contribution in [0.25, 0.3) is 22.3 Å². The van der Waals surface area contributed by atoms with E-state index in [4.69, 9.17) is 15.5 Å². The molecule has 606 valence electrons. The molecule has 0 spiro atoms. The van der Waals surface area contributed by atoms with Crippen LogP contribution in [0.15, 0.2) is 185 Å². The van der Waals surface area contributed by atoms with Crippen LogP contribution < -0.4 is 49.6 Å².